The molecular weight excluding hydrogens is 176 g/mol. The molecule has 1 aromatic heterocycles. The van der Waals surface area contributed by atoms with Crippen molar-refractivity contribution in [2.24, 2.45) is 13.0 Å². The van der Waals surface area contributed by atoms with Gasteiger partial charge in [-0.25, -0.2) is 0 Å². The number of nitrogens with two attached hydrogens (primary N) is 1. The zero-order valence-electron chi connectivity index (χ0n) is 8.83. The van der Waals surface area contributed by atoms with Gasteiger partial charge >= 0.3 is 0 Å². The summed E-state index contributed by atoms with van der Waals surface area (Å²) in [5, 5.41) is 7.65. The SMILES string of the molecule is CC(Nc1nn(C)cc1N)C1CCC1. The van der Waals surface area contributed by atoms with E-state index in [9.17, 15) is 0 Å². The van der Waals surface area contributed by atoms with E-state index in [0.717, 1.165) is 17.4 Å². The predicted octanol–water partition coefficient (Wildman–Crippen LogP) is 1.60. The first-order chi connectivity index (χ1) is 6.66. The van der Waals surface area contributed by atoms with Gasteiger partial charge in [-0.1, -0.05) is 6.42 Å². The third-order valence-corrected chi connectivity index (χ3v) is 3.08. The van der Waals surface area contributed by atoms with Crippen molar-refractivity contribution >= 4 is 11.5 Å². The molecule has 2 rings (SSSR count). The standard InChI is InChI=1S/C10H18N4/c1-7(8-4-3-5-8)12-10-9(11)6-14(2)13-10/h6-8H,3-5,11H2,1-2H3,(H,12,13). The first-order valence-corrected chi connectivity index (χ1v) is 5.22. The van der Waals surface area contributed by atoms with Crippen molar-refractivity contribution in [3.05, 3.63) is 6.20 Å². The molecule has 0 spiro atoms. The molecule has 1 aromatic rings. The van der Waals surface area contributed by atoms with E-state index in [4.69, 9.17) is 5.73 Å². The van der Waals surface area contributed by atoms with E-state index in [1.54, 1.807) is 4.68 Å². The summed E-state index contributed by atoms with van der Waals surface area (Å²) >= 11 is 0. The average molecular weight is 194 g/mol. The maximum atomic E-state index is 5.80. The van der Waals surface area contributed by atoms with Crippen molar-refractivity contribution in [2.45, 2.75) is 32.2 Å². The van der Waals surface area contributed by atoms with Gasteiger partial charge in [-0.2, -0.15) is 5.10 Å². The van der Waals surface area contributed by atoms with Crippen molar-refractivity contribution in [3.8, 4) is 0 Å². The molecule has 78 valence electrons. The van der Waals surface area contributed by atoms with E-state index >= 15 is 0 Å². The van der Waals surface area contributed by atoms with Crippen LogP contribution in [0.25, 0.3) is 0 Å². The lowest BCUT2D eigenvalue weighted by Crippen LogP contribution is -2.31. The second-order valence-electron chi connectivity index (χ2n) is 4.23. The molecule has 1 heterocycles. The summed E-state index contributed by atoms with van der Waals surface area (Å²) in [7, 11) is 1.88. The minimum absolute atomic E-state index is 0.487. The first kappa shape index (κ1) is 9.37. The van der Waals surface area contributed by atoms with Crippen LogP contribution in [0.15, 0.2) is 6.20 Å². The molecule has 0 aliphatic heterocycles. The third-order valence-electron chi connectivity index (χ3n) is 3.08. The minimum Gasteiger partial charge on any atom is -0.394 e. The lowest BCUT2D eigenvalue weighted by Gasteiger charge is -2.31. The molecule has 1 saturated carbocycles. The van der Waals surface area contributed by atoms with Crippen molar-refractivity contribution < 1.29 is 0 Å². The van der Waals surface area contributed by atoms with Crippen LogP contribution in [-0.4, -0.2) is 15.8 Å². The Kier molecular flexibility index (Phi) is 2.35. The summed E-state index contributed by atoms with van der Waals surface area (Å²) in [6, 6.07) is 0.487. The molecule has 0 bridgehead atoms. The predicted molar refractivity (Wildman–Crippen MR) is 58.0 cm³/mol. The molecule has 4 heteroatoms. The van der Waals surface area contributed by atoms with Crippen LogP contribution in [0.4, 0.5) is 11.5 Å². The fraction of sp³-hybridized carbons (Fsp3) is 0.700. The zero-order chi connectivity index (χ0) is 10.1. The van der Waals surface area contributed by atoms with Crippen LogP contribution < -0.4 is 11.1 Å². The normalized spacial score (nSPS) is 19.0. The lowest BCUT2D eigenvalue weighted by molar-refractivity contribution is 0.285. The summed E-state index contributed by atoms with van der Waals surface area (Å²) in [6.07, 6.45) is 5.87. The maximum absolute atomic E-state index is 5.80. The Hall–Kier alpha value is -1.19. The monoisotopic (exact) mass is 194 g/mol. The number of rotatable bonds is 3. The molecule has 0 radical (unpaired) electrons. The molecule has 1 aliphatic rings. The van der Waals surface area contributed by atoms with E-state index < -0.39 is 0 Å². The molecule has 1 aliphatic carbocycles. The fourth-order valence-electron chi connectivity index (χ4n) is 1.89. The van der Waals surface area contributed by atoms with Gasteiger partial charge in [-0.05, 0) is 25.7 Å². The third kappa shape index (κ3) is 1.69. The summed E-state index contributed by atoms with van der Waals surface area (Å²) < 4.78 is 1.74. The van der Waals surface area contributed by atoms with Crippen LogP contribution in [0.5, 0.6) is 0 Å². The molecule has 4 nitrogen and oxygen atoms in total. The van der Waals surface area contributed by atoms with Crippen LogP contribution in [0, 0.1) is 5.92 Å². The Bertz CT molecular complexity index is 314. The van der Waals surface area contributed by atoms with Crippen molar-refractivity contribution in [1.82, 2.24) is 9.78 Å². The Balaban J connectivity index is 1.98. The number of nitrogens with one attached hydrogen (secondary N) is 1. The Labute approximate surface area is 84.5 Å². The van der Waals surface area contributed by atoms with E-state index in [-0.39, 0.29) is 0 Å². The highest BCUT2D eigenvalue weighted by atomic mass is 15.3. The Morgan fingerprint density at radius 1 is 1.64 bits per heavy atom. The van der Waals surface area contributed by atoms with Crippen LogP contribution in [-0.2, 0) is 7.05 Å². The van der Waals surface area contributed by atoms with Crippen molar-refractivity contribution in [3.63, 3.8) is 0 Å². The van der Waals surface area contributed by atoms with Gasteiger partial charge in [0.1, 0.15) is 0 Å². The highest BCUT2D eigenvalue weighted by Crippen LogP contribution is 2.31. The Morgan fingerprint density at radius 2 is 2.36 bits per heavy atom. The zero-order valence-corrected chi connectivity index (χ0v) is 8.83. The second-order valence-corrected chi connectivity index (χ2v) is 4.23. The number of hydrogen-bond donors (Lipinski definition) is 2. The van der Waals surface area contributed by atoms with Gasteiger partial charge in [0.25, 0.3) is 0 Å². The second kappa shape index (κ2) is 3.52. The van der Waals surface area contributed by atoms with Gasteiger partial charge in [0.15, 0.2) is 5.82 Å². The molecule has 1 unspecified atom stereocenters. The van der Waals surface area contributed by atoms with Gasteiger partial charge in [0.2, 0.25) is 0 Å². The van der Waals surface area contributed by atoms with Gasteiger partial charge in [-0.3, -0.25) is 4.68 Å². The molecule has 14 heavy (non-hydrogen) atoms. The smallest absolute Gasteiger partial charge is 0.171 e. The van der Waals surface area contributed by atoms with Crippen LogP contribution >= 0.6 is 0 Å². The quantitative estimate of drug-likeness (QED) is 0.768. The number of aromatic nitrogens is 2. The Morgan fingerprint density at radius 3 is 2.79 bits per heavy atom. The first-order valence-electron chi connectivity index (χ1n) is 5.22. The largest absolute Gasteiger partial charge is 0.394 e. The topological polar surface area (TPSA) is 55.9 Å². The number of nitrogen functional groups attached to an aromatic ring is 1. The van der Waals surface area contributed by atoms with Gasteiger partial charge < -0.3 is 11.1 Å². The number of aryl methyl sites for hydroxylation is 1. The molecule has 0 amide bonds. The van der Waals surface area contributed by atoms with E-state index in [1.807, 2.05) is 13.2 Å². The summed E-state index contributed by atoms with van der Waals surface area (Å²) in [5.74, 6) is 1.63. The van der Waals surface area contributed by atoms with Crippen LogP contribution in [0.2, 0.25) is 0 Å². The highest BCUT2D eigenvalue weighted by Gasteiger charge is 2.24. The maximum Gasteiger partial charge on any atom is 0.171 e. The molecule has 1 atom stereocenters. The number of anilines is 2. The highest BCUT2D eigenvalue weighted by molar-refractivity contribution is 5.60. The van der Waals surface area contributed by atoms with Crippen LogP contribution in [0.3, 0.4) is 0 Å². The van der Waals surface area contributed by atoms with Crippen molar-refractivity contribution in [2.75, 3.05) is 11.1 Å². The lowest BCUT2D eigenvalue weighted by atomic mass is 9.80. The van der Waals surface area contributed by atoms with Crippen LogP contribution in [0.1, 0.15) is 26.2 Å². The summed E-state index contributed by atoms with van der Waals surface area (Å²) in [5.41, 5.74) is 6.54. The van der Waals surface area contributed by atoms with E-state index in [1.165, 1.54) is 19.3 Å². The molecular formula is C10H18N4. The molecule has 3 N–H and O–H groups in total. The summed E-state index contributed by atoms with van der Waals surface area (Å²) in [4.78, 5) is 0. The minimum atomic E-state index is 0.487. The molecule has 0 saturated heterocycles. The van der Waals surface area contributed by atoms with Gasteiger partial charge in [-0.15, -0.1) is 0 Å². The van der Waals surface area contributed by atoms with Gasteiger partial charge in [0.05, 0.1) is 5.69 Å². The molecule has 0 aromatic carbocycles. The van der Waals surface area contributed by atoms with Crippen molar-refractivity contribution in [1.29, 1.82) is 0 Å². The number of nitrogens with zero attached hydrogens (tertiary/aromatic N) is 2. The van der Waals surface area contributed by atoms with Gasteiger partial charge in [0, 0.05) is 19.3 Å². The van der Waals surface area contributed by atoms with E-state index in [0.29, 0.717) is 6.04 Å². The average Bonchev–Trinajstić information content (AvgIpc) is 2.26. The fourth-order valence-corrected chi connectivity index (χ4v) is 1.89. The molecule has 1 fully saturated rings. The number of hydrogen-bond acceptors (Lipinski definition) is 3. The summed E-state index contributed by atoms with van der Waals surface area (Å²) in [6.45, 7) is 2.21. The van der Waals surface area contributed by atoms with E-state index in [2.05, 4.69) is 17.3 Å².